The van der Waals surface area contributed by atoms with Gasteiger partial charge in [0.2, 0.25) is 10.0 Å². The van der Waals surface area contributed by atoms with E-state index in [4.69, 9.17) is 5.73 Å². The predicted octanol–water partition coefficient (Wildman–Crippen LogP) is 1.74. The number of hydrogen-bond acceptors (Lipinski definition) is 3. The van der Waals surface area contributed by atoms with Crippen molar-refractivity contribution in [3.8, 4) is 0 Å². The Balaban J connectivity index is 0.00000200. The average Bonchev–Trinajstić information content (AvgIpc) is 3.17. The number of sulfonamides is 1. The van der Waals surface area contributed by atoms with Crippen LogP contribution in [0.2, 0.25) is 0 Å². The lowest BCUT2D eigenvalue weighted by Crippen LogP contribution is -2.43. The normalized spacial score (nSPS) is 16.9. The zero-order valence-electron chi connectivity index (χ0n) is 10.9. The highest BCUT2D eigenvalue weighted by Crippen LogP contribution is 2.36. The Kier molecular flexibility index (Phi) is 5.48. The van der Waals surface area contributed by atoms with Gasteiger partial charge in [0.1, 0.15) is 0 Å². The second-order valence-electron chi connectivity index (χ2n) is 4.74. The van der Waals surface area contributed by atoms with Crippen molar-refractivity contribution in [3.63, 3.8) is 0 Å². The third-order valence-corrected chi connectivity index (χ3v) is 5.32. The molecule has 1 aliphatic rings. The number of nitrogens with zero attached hydrogens (tertiary/aromatic N) is 1. The highest BCUT2D eigenvalue weighted by atomic mass is 35.5. The smallest absolute Gasteiger partial charge is 0.243 e. The Morgan fingerprint density at radius 1 is 1.35 bits per heavy atom. The molecule has 0 bridgehead atoms. The minimum atomic E-state index is -3.85. The summed E-state index contributed by atoms with van der Waals surface area (Å²) in [6.45, 7) is 0.212. The van der Waals surface area contributed by atoms with Crippen molar-refractivity contribution in [2.45, 2.75) is 23.8 Å². The molecular weight excluding hydrogens is 310 g/mol. The van der Waals surface area contributed by atoms with Crippen molar-refractivity contribution in [2.75, 3.05) is 13.6 Å². The van der Waals surface area contributed by atoms with E-state index in [-0.39, 0.29) is 35.8 Å². The van der Waals surface area contributed by atoms with Gasteiger partial charge in [0.05, 0.1) is 4.90 Å². The molecule has 1 aromatic rings. The Labute approximate surface area is 123 Å². The van der Waals surface area contributed by atoms with Gasteiger partial charge in [-0.3, -0.25) is 0 Å². The largest absolute Gasteiger partial charge is 0.329 e. The van der Waals surface area contributed by atoms with Crippen LogP contribution in [0.25, 0.3) is 0 Å². The first-order valence-corrected chi connectivity index (χ1v) is 7.45. The molecule has 1 fully saturated rings. The van der Waals surface area contributed by atoms with Crippen molar-refractivity contribution in [1.29, 1.82) is 0 Å². The second kappa shape index (κ2) is 6.34. The van der Waals surface area contributed by atoms with E-state index in [0.717, 1.165) is 29.3 Å². The fourth-order valence-electron chi connectivity index (χ4n) is 2.10. The lowest BCUT2D eigenvalue weighted by atomic mass is 10.2. The van der Waals surface area contributed by atoms with Gasteiger partial charge in [-0.2, -0.15) is 4.31 Å². The Morgan fingerprint density at radius 2 is 1.95 bits per heavy atom. The van der Waals surface area contributed by atoms with E-state index in [1.807, 2.05) is 0 Å². The van der Waals surface area contributed by atoms with Crippen LogP contribution in [0, 0.1) is 17.6 Å². The van der Waals surface area contributed by atoms with Gasteiger partial charge in [-0.25, -0.2) is 17.2 Å². The predicted molar refractivity (Wildman–Crippen MR) is 74.1 cm³/mol. The number of rotatable bonds is 5. The molecule has 0 heterocycles. The molecule has 1 saturated carbocycles. The summed E-state index contributed by atoms with van der Waals surface area (Å²) in [6.07, 6.45) is 1.89. The lowest BCUT2D eigenvalue weighted by Gasteiger charge is -2.26. The first-order chi connectivity index (χ1) is 8.87. The van der Waals surface area contributed by atoms with Gasteiger partial charge in [-0.1, -0.05) is 0 Å². The lowest BCUT2D eigenvalue weighted by molar-refractivity contribution is 0.340. The summed E-state index contributed by atoms with van der Waals surface area (Å²) in [5.74, 6) is -1.99. The van der Waals surface area contributed by atoms with Crippen LogP contribution < -0.4 is 5.73 Å². The monoisotopic (exact) mass is 326 g/mol. The average molecular weight is 327 g/mol. The fraction of sp³-hybridized carbons (Fsp3) is 0.500. The van der Waals surface area contributed by atoms with Crippen LogP contribution in [-0.4, -0.2) is 32.4 Å². The van der Waals surface area contributed by atoms with Crippen LogP contribution in [0.3, 0.4) is 0 Å². The SMILES string of the molecule is CN(C(CN)C1CC1)S(=O)(=O)c1ccc(F)c(F)c1.Cl. The first kappa shape index (κ1) is 17.3. The van der Waals surface area contributed by atoms with Gasteiger partial charge in [0.15, 0.2) is 11.6 Å². The minimum absolute atomic E-state index is 0. The van der Waals surface area contributed by atoms with E-state index in [2.05, 4.69) is 0 Å². The zero-order valence-corrected chi connectivity index (χ0v) is 12.6. The van der Waals surface area contributed by atoms with E-state index >= 15 is 0 Å². The fourth-order valence-corrected chi connectivity index (χ4v) is 3.54. The highest BCUT2D eigenvalue weighted by Gasteiger charge is 2.38. The van der Waals surface area contributed by atoms with Gasteiger partial charge in [-0.15, -0.1) is 12.4 Å². The Bertz CT molecular complexity index is 579. The van der Waals surface area contributed by atoms with Gasteiger partial charge in [0.25, 0.3) is 0 Å². The van der Waals surface area contributed by atoms with Gasteiger partial charge >= 0.3 is 0 Å². The molecule has 0 saturated heterocycles. The summed E-state index contributed by atoms with van der Waals surface area (Å²) in [7, 11) is -2.42. The molecule has 0 radical (unpaired) electrons. The molecule has 1 atom stereocenters. The molecule has 2 N–H and O–H groups in total. The highest BCUT2D eigenvalue weighted by molar-refractivity contribution is 7.89. The molecule has 8 heteroatoms. The summed E-state index contributed by atoms with van der Waals surface area (Å²) >= 11 is 0. The van der Waals surface area contributed by atoms with Crippen molar-refractivity contribution in [2.24, 2.45) is 11.7 Å². The van der Waals surface area contributed by atoms with Gasteiger partial charge < -0.3 is 5.73 Å². The Morgan fingerprint density at radius 3 is 2.40 bits per heavy atom. The quantitative estimate of drug-likeness (QED) is 0.896. The third kappa shape index (κ3) is 3.28. The van der Waals surface area contributed by atoms with E-state index in [9.17, 15) is 17.2 Å². The molecule has 114 valence electrons. The zero-order chi connectivity index (χ0) is 14.2. The van der Waals surface area contributed by atoms with Crippen molar-refractivity contribution in [3.05, 3.63) is 29.8 Å². The van der Waals surface area contributed by atoms with Crippen LogP contribution in [0.5, 0.6) is 0 Å². The number of benzene rings is 1. The Hall–Kier alpha value is -0.760. The number of nitrogens with two attached hydrogens (primary N) is 1. The summed E-state index contributed by atoms with van der Waals surface area (Å²) in [5.41, 5.74) is 5.60. The van der Waals surface area contributed by atoms with Crippen molar-refractivity contribution in [1.82, 2.24) is 4.31 Å². The van der Waals surface area contributed by atoms with E-state index in [0.29, 0.717) is 6.07 Å². The number of halogens is 3. The molecule has 1 aliphatic carbocycles. The van der Waals surface area contributed by atoms with Crippen LogP contribution in [-0.2, 0) is 10.0 Å². The van der Waals surface area contributed by atoms with Crippen LogP contribution >= 0.6 is 12.4 Å². The topological polar surface area (TPSA) is 63.4 Å². The van der Waals surface area contributed by atoms with E-state index in [1.54, 1.807) is 0 Å². The molecule has 0 aromatic heterocycles. The van der Waals surface area contributed by atoms with Gasteiger partial charge in [0, 0.05) is 19.6 Å². The molecule has 2 rings (SSSR count). The maximum absolute atomic E-state index is 13.1. The standard InChI is InChI=1S/C12H16F2N2O2S.ClH/c1-16(12(7-15)8-2-3-8)19(17,18)9-4-5-10(13)11(14)6-9;/h4-6,8,12H,2-3,7,15H2,1H3;1H. The molecule has 0 spiro atoms. The maximum atomic E-state index is 13.1. The summed E-state index contributed by atoms with van der Waals surface area (Å²) in [6, 6.07) is 2.27. The van der Waals surface area contributed by atoms with E-state index in [1.165, 1.54) is 7.05 Å². The van der Waals surface area contributed by atoms with Crippen LogP contribution in [0.1, 0.15) is 12.8 Å². The molecular formula is C12H17ClF2N2O2S. The minimum Gasteiger partial charge on any atom is -0.329 e. The van der Waals surface area contributed by atoms with Crippen molar-refractivity contribution < 1.29 is 17.2 Å². The number of likely N-dealkylation sites (N-methyl/N-ethyl adjacent to an activating group) is 1. The van der Waals surface area contributed by atoms with E-state index < -0.39 is 21.7 Å². The summed E-state index contributed by atoms with van der Waals surface area (Å²) in [4.78, 5) is -0.256. The summed E-state index contributed by atoms with van der Waals surface area (Å²) < 4.78 is 51.8. The maximum Gasteiger partial charge on any atom is 0.243 e. The molecule has 20 heavy (non-hydrogen) atoms. The molecule has 1 aromatic carbocycles. The third-order valence-electron chi connectivity index (χ3n) is 3.44. The molecule has 1 unspecified atom stereocenters. The van der Waals surface area contributed by atoms with Gasteiger partial charge in [-0.05, 0) is 37.0 Å². The summed E-state index contributed by atoms with van der Waals surface area (Å²) in [5, 5.41) is 0. The van der Waals surface area contributed by atoms with Crippen LogP contribution in [0.4, 0.5) is 8.78 Å². The molecule has 0 aliphatic heterocycles. The molecule has 4 nitrogen and oxygen atoms in total. The molecule has 0 amide bonds. The number of hydrogen-bond donors (Lipinski definition) is 1. The van der Waals surface area contributed by atoms with Crippen molar-refractivity contribution >= 4 is 22.4 Å². The first-order valence-electron chi connectivity index (χ1n) is 6.01. The second-order valence-corrected chi connectivity index (χ2v) is 6.74. The van der Waals surface area contributed by atoms with Crippen LogP contribution in [0.15, 0.2) is 23.1 Å².